The third kappa shape index (κ3) is 4.13. The Morgan fingerprint density at radius 1 is 1.06 bits per heavy atom. The molecule has 0 atom stereocenters. The Labute approximate surface area is 190 Å². The fourth-order valence-electron chi connectivity index (χ4n) is 3.65. The summed E-state index contributed by atoms with van der Waals surface area (Å²) in [6.07, 6.45) is 1.46. The molecule has 0 aliphatic rings. The van der Waals surface area contributed by atoms with Crippen LogP contribution in [-0.4, -0.2) is 37.3 Å². The van der Waals surface area contributed by atoms with Crippen molar-refractivity contribution >= 4 is 40.1 Å². The first kappa shape index (κ1) is 21.7. The molecule has 0 aliphatic heterocycles. The molecule has 0 saturated heterocycles. The second-order valence-electron chi connectivity index (χ2n) is 7.56. The summed E-state index contributed by atoms with van der Waals surface area (Å²) in [5.74, 6) is 1.38. The van der Waals surface area contributed by atoms with Crippen molar-refractivity contribution < 1.29 is 9.53 Å². The molecule has 3 aromatic heterocycles. The number of aryl methyl sites for hydroxylation is 4. The fourth-order valence-corrected chi connectivity index (χ4v) is 3.88. The highest BCUT2D eigenvalue weighted by atomic mass is 35.5. The molecule has 3 heterocycles. The van der Waals surface area contributed by atoms with Crippen molar-refractivity contribution in [3.05, 3.63) is 63.7 Å². The smallest absolute Gasteiger partial charge is 0.343 e. The fraction of sp³-hybridized carbons (Fsp3) is 0.261. The highest BCUT2D eigenvalue weighted by Gasteiger charge is 2.22. The van der Waals surface area contributed by atoms with Crippen LogP contribution in [0, 0.1) is 27.7 Å². The van der Waals surface area contributed by atoms with Crippen molar-refractivity contribution in [2.24, 2.45) is 0 Å². The predicted octanol–water partition coefficient (Wildman–Crippen LogP) is 5.02. The first-order valence-corrected chi connectivity index (χ1v) is 10.6. The first-order chi connectivity index (χ1) is 15.3. The highest BCUT2D eigenvalue weighted by molar-refractivity contribution is 6.29. The number of nitrogens with zero attached hydrogens (tertiary/aromatic N) is 5. The number of carbonyl (C=O) groups is 1. The van der Waals surface area contributed by atoms with Gasteiger partial charge in [-0.25, -0.2) is 19.7 Å². The number of aromatic nitrogens is 5. The van der Waals surface area contributed by atoms with Crippen LogP contribution in [-0.2, 0) is 4.74 Å². The Bertz CT molecular complexity index is 1330. The molecule has 0 amide bonds. The van der Waals surface area contributed by atoms with Crippen molar-refractivity contribution in [1.82, 2.24) is 24.7 Å². The van der Waals surface area contributed by atoms with E-state index in [0.29, 0.717) is 23.3 Å². The van der Waals surface area contributed by atoms with Gasteiger partial charge in [0, 0.05) is 11.5 Å². The van der Waals surface area contributed by atoms with Crippen molar-refractivity contribution in [3.8, 4) is 5.82 Å². The lowest BCUT2D eigenvalue weighted by Crippen LogP contribution is -2.11. The Morgan fingerprint density at radius 2 is 1.84 bits per heavy atom. The number of fused-ring (bicyclic) bond motifs is 1. The van der Waals surface area contributed by atoms with Crippen LogP contribution in [0.5, 0.6) is 0 Å². The van der Waals surface area contributed by atoms with E-state index in [4.69, 9.17) is 21.3 Å². The quantitative estimate of drug-likeness (QED) is 0.337. The molecular weight excluding hydrogens is 428 g/mol. The van der Waals surface area contributed by atoms with E-state index in [0.717, 1.165) is 22.0 Å². The van der Waals surface area contributed by atoms with Gasteiger partial charge in [0.2, 0.25) is 0 Å². The molecule has 0 fully saturated rings. The monoisotopic (exact) mass is 450 g/mol. The van der Waals surface area contributed by atoms with Crippen LogP contribution in [0.2, 0.25) is 5.15 Å². The van der Waals surface area contributed by atoms with E-state index in [1.807, 2.05) is 19.9 Å². The zero-order valence-corrected chi connectivity index (χ0v) is 19.3. The summed E-state index contributed by atoms with van der Waals surface area (Å²) in [7, 11) is 0. The lowest BCUT2D eigenvalue weighted by molar-refractivity contribution is 0.0527. The molecule has 0 radical (unpaired) electrons. The molecular formula is C23H23ClN6O2. The summed E-state index contributed by atoms with van der Waals surface area (Å²) in [5, 5.41) is 8.96. The number of hydrogen-bond acceptors (Lipinski definition) is 7. The number of anilines is 2. The minimum atomic E-state index is -0.498. The van der Waals surface area contributed by atoms with Gasteiger partial charge in [-0.15, -0.1) is 0 Å². The van der Waals surface area contributed by atoms with Crippen LogP contribution in [0.15, 0.2) is 30.5 Å². The standard InChI is InChI=1S/C23H23ClN6O2/c1-6-32-23(31)17-11-25-30(22(17)28-19-10-18(24)26-15(5)27-19)20-9-13(3)16-8-12(2)7-14(4)21(16)29-20/h7-11H,6H2,1-5H3,(H,26,27,28). The number of carbonyl (C=O) groups excluding carboxylic acids is 1. The van der Waals surface area contributed by atoms with E-state index in [1.165, 1.54) is 11.8 Å². The van der Waals surface area contributed by atoms with Crippen molar-refractivity contribution in [1.29, 1.82) is 0 Å². The van der Waals surface area contributed by atoms with Gasteiger partial charge in [0.25, 0.3) is 0 Å². The molecule has 4 aromatic rings. The molecule has 4 rings (SSSR count). The van der Waals surface area contributed by atoms with E-state index >= 15 is 0 Å². The molecule has 164 valence electrons. The second-order valence-corrected chi connectivity index (χ2v) is 7.95. The molecule has 0 spiro atoms. The molecule has 0 saturated carbocycles. The lowest BCUT2D eigenvalue weighted by atomic mass is 10.0. The Kier molecular flexibility index (Phi) is 5.80. The number of rotatable bonds is 5. The minimum absolute atomic E-state index is 0.244. The Balaban J connectivity index is 1.90. The number of halogens is 1. The second kappa shape index (κ2) is 8.55. The van der Waals surface area contributed by atoms with Crippen LogP contribution < -0.4 is 5.32 Å². The summed E-state index contributed by atoms with van der Waals surface area (Å²) in [5.41, 5.74) is 4.44. The van der Waals surface area contributed by atoms with Crippen molar-refractivity contribution in [2.75, 3.05) is 11.9 Å². The molecule has 32 heavy (non-hydrogen) atoms. The summed E-state index contributed by atoms with van der Waals surface area (Å²) < 4.78 is 6.79. The zero-order chi connectivity index (χ0) is 23.0. The molecule has 9 heteroatoms. The maximum Gasteiger partial charge on any atom is 0.343 e. The molecule has 1 N–H and O–H groups in total. The zero-order valence-electron chi connectivity index (χ0n) is 18.5. The Hall–Kier alpha value is -3.52. The van der Waals surface area contributed by atoms with Gasteiger partial charge in [-0.1, -0.05) is 23.2 Å². The van der Waals surface area contributed by atoms with Gasteiger partial charge in [0.1, 0.15) is 22.4 Å². The molecule has 1 aromatic carbocycles. The first-order valence-electron chi connectivity index (χ1n) is 10.2. The SMILES string of the molecule is CCOC(=O)c1cnn(-c2cc(C)c3cc(C)cc(C)c3n2)c1Nc1cc(Cl)nc(C)n1. The number of ether oxygens (including phenoxy) is 1. The average molecular weight is 451 g/mol. The van der Waals surface area contributed by atoms with Crippen LogP contribution in [0.3, 0.4) is 0 Å². The van der Waals surface area contributed by atoms with Crippen molar-refractivity contribution in [2.45, 2.75) is 34.6 Å². The van der Waals surface area contributed by atoms with Gasteiger partial charge in [0.15, 0.2) is 11.6 Å². The van der Waals surface area contributed by atoms with E-state index in [9.17, 15) is 4.79 Å². The van der Waals surface area contributed by atoms with Gasteiger partial charge in [-0.2, -0.15) is 9.78 Å². The predicted molar refractivity (Wildman–Crippen MR) is 124 cm³/mol. The Morgan fingerprint density at radius 3 is 2.56 bits per heavy atom. The van der Waals surface area contributed by atoms with Gasteiger partial charge < -0.3 is 10.1 Å². The maximum absolute atomic E-state index is 12.6. The topological polar surface area (TPSA) is 94.8 Å². The van der Waals surface area contributed by atoms with Gasteiger partial charge in [-0.3, -0.25) is 0 Å². The minimum Gasteiger partial charge on any atom is -0.462 e. The van der Waals surface area contributed by atoms with E-state index in [1.54, 1.807) is 24.6 Å². The van der Waals surface area contributed by atoms with E-state index < -0.39 is 5.97 Å². The highest BCUT2D eigenvalue weighted by Crippen LogP contribution is 2.28. The molecule has 0 bridgehead atoms. The number of esters is 1. The molecule has 0 aliphatic carbocycles. The molecule has 0 unspecified atom stereocenters. The molecule has 8 nitrogen and oxygen atoms in total. The van der Waals surface area contributed by atoms with E-state index in [-0.39, 0.29) is 17.3 Å². The number of nitrogens with one attached hydrogen (secondary N) is 1. The van der Waals surface area contributed by atoms with Gasteiger partial charge >= 0.3 is 5.97 Å². The van der Waals surface area contributed by atoms with Gasteiger partial charge in [0.05, 0.1) is 18.3 Å². The van der Waals surface area contributed by atoms with Crippen LogP contribution >= 0.6 is 11.6 Å². The third-order valence-electron chi connectivity index (χ3n) is 4.98. The lowest BCUT2D eigenvalue weighted by Gasteiger charge is -2.14. The van der Waals surface area contributed by atoms with Crippen molar-refractivity contribution in [3.63, 3.8) is 0 Å². The maximum atomic E-state index is 12.6. The summed E-state index contributed by atoms with van der Waals surface area (Å²) in [6.45, 7) is 9.86. The average Bonchev–Trinajstić information content (AvgIpc) is 3.11. The van der Waals surface area contributed by atoms with Gasteiger partial charge in [-0.05, 0) is 57.9 Å². The normalized spacial score (nSPS) is 11.1. The number of pyridine rings is 1. The van der Waals surface area contributed by atoms with Crippen LogP contribution in [0.4, 0.5) is 11.6 Å². The number of benzene rings is 1. The third-order valence-corrected chi connectivity index (χ3v) is 5.17. The van der Waals surface area contributed by atoms with Crippen LogP contribution in [0.1, 0.15) is 39.8 Å². The van der Waals surface area contributed by atoms with Crippen LogP contribution in [0.25, 0.3) is 16.7 Å². The number of hydrogen-bond donors (Lipinski definition) is 1. The summed E-state index contributed by atoms with van der Waals surface area (Å²) in [6, 6.07) is 7.72. The summed E-state index contributed by atoms with van der Waals surface area (Å²) >= 11 is 6.10. The largest absolute Gasteiger partial charge is 0.462 e. The van der Waals surface area contributed by atoms with E-state index in [2.05, 4.69) is 39.4 Å². The summed E-state index contributed by atoms with van der Waals surface area (Å²) in [4.78, 5) is 25.9.